The Kier molecular flexibility index (Phi) is 73.2. The van der Waals surface area contributed by atoms with Gasteiger partial charge in [-0.15, -0.1) is 0 Å². The van der Waals surface area contributed by atoms with E-state index in [-0.39, 0.29) is 19.3 Å². The number of hydrogen-bond donors (Lipinski definition) is 4. The Morgan fingerprint density at radius 3 is 0.767 bits per heavy atom. The van der Waals surface area contributed by atoms with Crippen molar-refractivity contribution in [3.8, 4) is 0 Å². The van der Waals surface area contributed by atoms with Crippen molar-refractivity contribution in [2.45, 2.75) is 322 Å². The fraction of sp³-hybridized carbons (Fsp3) is 0.659. The van der Waals surface area contributed by atoms with Crippen molar-refractivity contribution in [3.05, 3.63) is 158 Å². The molecule has 0 saturated carbocycles. The Balaban J connectivity index is 4.49. The lowest BCUT2D eigenvalue weighted by Crippen LogP contribution is -2.30. The average molecular weight is 1480 g/mol. The highest BCUT2D eigenvalue weighted by Gasteiger charge is 2.29. The first-order valence-corrected chi connectivity index (χ1v) is 42.8. The van der Waals surface area contributed by atoms with Crippen LogP contribution in [-0.2, 0) is 55.8 Å². The molecule has 16 nitrogen and oxygen atoms in total. The maximum Gasteiger partial charge on any atom is 0.472 e. The predicted octanol–water partition coefficient (Wildman–Crippen LogP) is 23.4. The Hall–Kier alpha value is -4.83. The van der Waals surface area contributed by atoms with Crippen molar-refractivity contribution in [2.24, 2.45) is 0 Å². The minimum atomic E-state index is -4.94. The Bertz CT molecular complexity index is 2500. The molecule has 0 aliphatic heterocycles. The van der Waals surface area contributed by atoms with E-state index in [2.05, 4.69) is 179 Å². The summed E-state index contributed by atoms with van der Waals surface area (Å²) >= 11 is 0. The molecule has 0 aliphatic carbocycles. The molecule has 5 atom stereocenters. The largest absolute Gasteiger partial charge is 0.472 e. The maximum atomic E-state index is 13.0. The van der Waals surface area contributed by atoms with Crippen molar-refractivity contribution in [3.63, 3.8) is 0 Å². The highest BCUT2D eigenvalue weighted by Crippen LogP contribution is 2.45. The van der Waals surface area contributed by atoms with Crippen LogP contribution >= 0.6 is 15.6 Å². The van der Waals surface area contributed by atoms with Crippen LogP contribution in [0.15, 0.2) is 158 Å². The summed E-state index contributed by atoms with van der Waals surface area (Å²) in [5.74, 6) is -1.62. The normalized spacial score (nSPS) is 14.8. The molecule has 5 unspecified atom stereocenters. The topological polar surface area (TPSA) is 231 Å². The highest BCUT2D eigenvalue weighted by molar-refractivity contribution is 7.47. The number of carbonyl (C=O) groups is 3. The number of allylic oxidation sites excluding steroid dienone is 26. The molecule has 0 aliphatic rings. The van der Waals surface area contributed by atoms with Gasteiger partial charge >= 0.3 is 33.6 Å². The third-order valence-corrected chi connectivity index (χ3v) is 18.1. The van der Waals surface area contributed by atoms with E-state index < -0.39 is 91.5 Å². The van der Waals surface area contributed by atoms with Crippen LogP contribution in [0, 0.1) is 0 Å². The van der Waals surface area contributed by atoms with Crippen molar-refractivity contribution >= 4 is 33.6 Å². The number of aliphatic hydroxyl groups excluding tert-OH is 2. The van der Waals surface area contributed by atoms with E-state index in [0.29, 0.717) is 19.3 Å². The molecule has 103 heavy (non-hydrogen) atoms. The fourth-order valence-electron chi connectivity index (χ4n) is 10.3. The molecule has 0 rings (SSSR count). The van der Waals surface area contributed by atoms with Crippen LogP contribution < -0.4 is 0 Å². The summed E-state index contributed by atoms with van der Waals surface area (Å²) in [6, 6.07) is 0. The molecular formula is C85H142O16P2. The van der Waals surface area contributed by atoms with Crippen LogP contribution in [-0.4, -0.2) is 95.9 Å². The van der Waals surface area contributed by atoms with Gasteiger partial charge in [-0.1, -0.05) is 301 Å². The van der Waals surface area contributed by atoms with E-state index in [1.165, 1.54) is 64.2 Å². The molecular weight excluding hydrogens is 1340 g/mol. The first-order valence-electron chi connectivity index (χ1n) is 39.8. The second-order valence-corrected chi connectivity index (χ2v) is 29.0. The third kappa shape index (κ3) is 78.1. The van der Waals surface area contributed by atoms with Gasteiger partial charge in [0.2, 0.25) is 0 Å². The number of esters is 3. The van der Waals surface area contributed by atoms with E-state index in [9.17, 15) is 43.5 Å². The van der Waals surface area contributed by atoms with E-state index in [4.69, 9.17) is 32.3 Å². The van der Waals surface area contributed by atoms with Crippen molar-refractivity contribution in [1.29, 1.82) is 0 Å². The van der Waals surface area contributed by atoms with E-state index >= 15 is 0 Å². The van der Waals surface area contributed by atoms with Crippen LogP contribution in [0.1, 0.15) is 303 Å². The second kappa shape index (κ2) is 76.8. The molecule has 0 aromatic carbocycles. The van der Waals surface area contributed by atoms with Crippen molar-refractivity contribution in [1.82, 2.24) is 0 Å². The lowest BCUT2D eigenvalue weighted by molar-refractivity contribution is -0.161. The summed E-state index contributed by atoms with van der Waals surface area (Å²) in [6.45, 7) is 2.30. The van der Waals surface area contributed by atoms with Crippen molar-refractivity contribution in [2.75, 3.05) is 39.6 Å². The number of unbranched alkanes of at least 4 members (excludes halogenated alkanes) is 25. The molecule has 0 bridgehead atoms. The molecule has 0 spiro atoms. The summed E-state index contributed by atoms with van der Waals surface area (Å²) in [7, 11) is -9.81. The van der Waals surface area contributed by atoms with Gasteiger partial charge in [0, 0.05) is 19.3 Å². The van der Waals surface area contributed by atoms with Gasteiger partial charge < -0.3 is 34.2 Å². The van der Waals surface area contributed by atoms with Gasteiger partial charge in [-0.2, -0.15) is 0 Å². The summed E-state index contributed by atoms with van der Waals surface area (Å²) in [5, 5.41) is 20.6. The monoisotopic (exact) mass is 1480 g/mol. The molecule has 0 amide bonds. The second-order valence-electron chi connectivity index (χ2n) is 26.1. The summed E-state index contributed by atoms with van der Waals surface area (Å²) in [5.41, 5.74) is 0. The lowest BCUT2D eigenvalue weighted by atomic mass is 10.0. The number of ether oxygens (including phenoxy) is 3. The molecule has 0 radical (unpaired) electrons. The summed E-state index contributed by atoms with van der Waals surface area (Å²) < 4.78 is 61.1. The van der Waals surface area contributed by atoms with Crippen LogP contribution in [0.2, 0.25) is 0 Å². The number of carbonyl (C=O) groups excluding carboxylic acids is 3. The minimum Gasteiger partial charge on any atom is -0.463 e. The fourth-order valence-corrected chi connectivity index (χ4v) is 11.9. The standard InChI is InChI=1S/C85H142O16P2/c1-4-7-10-13-16-19-22-25-28-31-32-33-34-35-36-37-38-39-40-41-42-43-44-45-46-49-51-53-56-59-62-65-68-71-83(88)95-74-80(86)75-97-102(91,92)98-76-81(87)77-99-103(93,94)100-79-82(101-85(90)73-70-67-64-61-58-55-52-48-30-27-24-21-18-15-12-9-6-3)78-96-84(89)72-69-66-63-60-57-54-50-47-29-26-23-20-17-14-11-8-5-2/h7-12,16-21,25-30,32-33,35-36,38-39,50,54,80-82,86-87H,4-6,13-15,22-24,31,34,37,40-49,51-53,55-79H2,1-3H3,(H,91,92)(H,93,94)/b10-7-,11-8-,12-9-,19-16-,20-17-,21-18-,28-25-,29-26-,30-27-,33-32-,36-35-,39-38-,54-50-. The number of phosphoric ester groups is 2. The van der Waals surface area contributed by atoms with E-state index in [0.717, 1.165) is 180 Å². The molecule has 18 heteroatoms. The van der Waals surface area contributed by atoms with Gasteiger partial charge in [0.1, 0.15) is 25.4 Å². The smallest absolute Gasteiger partial charge is 0.463 e. The minimum absolute atomic E-state index is 0.0837. The molecule has 0 saturated heterocycles. The zero-order chi connectivity index (χ0) is 75.2. The summed E-state index contributed by atoms with van der Waals surface area (Å²) in [6.07, 6.45) is 95.8. The number of rotatable bonds is 74. The average Bonchev–Trinajstić information content (AvgIpc) is 0.915. The molecule has 0 aromatic heterocycles. The number of aliphatic hydroxyl groups is 2. The van der Waals surface area contributed by atoms with Crippen molar-refractivity contribution < 1.29 is 75.8 Å². The molecule has 4 N–H and O–H groups in total. The number of phosphoric acid groups is 2. The van der Waals surface area contributed by atoms with Gasteiger partial charge in [0.05, 0.1) is 26.4 Å². The van der Waals surface area contributed by atoms with Crippen LogP contribution in [0.5, 0.6) is 0 Å². The zero-order valence-electron chi connectivity index (χ0n) is 64.2. The van der Waals surface area contributed by atoms with Crippen LogP contribution in [0.3, 0.4) is 0 Å². The molecule has 588 valence electrons. The first kappa shape index (κ1) is 98.2. The third-order valence-electron chi connectivity index (χ3n) is 16.2. The zero-order valence-corrected chi connectivity index (χ0v) is 66.0. The Labute approximate surface area is 625 Å². The molecule has 0 aromatic rings. The summed E-state index contributed by atoms with van der Waals surface area (Å²) in [4.78, 5) is 58.6. The van der Waals surface area contributed by atoms with Crippen LogP contribution in [0.25, 0.3) is 0 Å². The van der Waals surface area contributed by atoms with E-state index in [1.54, 1.807) is 0 Å². The lowest BCUT2D eigenvalue weighted by Gasteiger charge is -2.21. The first-order chi connectivity index (χ1) is 50.2. The quantitative estimate of drug-likeness (QED) is 0.0146. The Morgan fingerprint density at radius 1 is 0.272 bits per heavy atom. The van der Waals surface area contributed by atoms with Gasteiger partial charge in [0.25, 0.3) is 0 Å². The molecule has 0 heterocycles. The van der Waals surface area contributed by atoms with Gasteiger partial charge in [-0.3, -0.25) is 32.5 Å². The predicted molar refractivity (Wildman–Crippen MR) is 426 cm³/mol. The maximum absolute atomic E-state index is 13.0. The van der Waals surface area contributed by atoms with Crippen LogP contribution in [0.4, 0.5) is 0 Å². The highest BCUT2D eigenvalue weighted by atomic mass is 31.2. The SMILES string of the molecule is CC/C=C\C/C=C\C/C=C\C/C=C\C/C=C\C/C=C\CCCCCCCCCCCCCCCCC(=O)OCC(O)COP(=O)(O)OCC(O)COP(=O)(O)OCC(COC(=O)CCCCCC/C=C\C/C=C\C/C=C\C/C=C\CC)OC(=O)CCCCCCCCC/C=C\C/C=C\C/C=C\CC. The molecule has 0 fully saturated rings. The van der Waals surface area contributed by atoms with Gasteiger partial charge in [-0.25, -0.2) is 9.13 Å². The number of hydrogen-bond acceptors (Lipinski definition) is 14. The van der Waals surface area contributed by atoms with Gasteiger partial charge in [0.15, 0.2) is 6.10 Å². The van der Waals surface area contributed by atoms with Gasteiger partial charge in [-0.05, 0) is 141 Å². The van der Waals surface area contributed by atoms with E-state index in [1.807, 2.05) is 0 Å². The Morgan fingerprint density at radius 2 is 0.485 bits per heavy atom.